The zero-order valence-corrected chi connectivity index (χ0v) is 9.16. The van der Waals surface area contributed by atoms with Gasteiger partial charge in [0.1, 0.15) is 0 Å². The summed E-state index contributed by atoms with van der Waals surface area (Å²) < 4.78 is 0. The first-order valence-corrected chi connectivity index (χ1v) is 4.13. The predicted octanol–water partition coefficient (Wildman–Crippen LogP) is 2.50. The van der Waals surface area contributed by atoms with Crippen molar-refractivity contribution < 1.29 is 10.2 Å². The van der Waals surface area contributed by atoms with Gasteiger partial charge in [0.2, 0.25) is 0 Å². The largest absolute Gasteiger partial charge is 0.368 e. The molecule has 0 aliphatic rings. The zero-order valence-electron chi connectivity index (χ0n) is 7.53. The monoisotopic (exact) mass is 218 g/mol. The molecule has 78 valence electrons. The number of unbranched alkanes of at least 4 members (excludes halogenated alkanes) is 4. The van der Waals surface area contributed by atoms with Crippen LogP contribution in [0.1, 0.15) is 45.4 Å². The molecule has 0 radical (unpaired) electrons. The van der Waals surface area contributed by atoms with Crippen LogP contribution in [0.25, 0.3) is 0 Å². The molecule has 0 amide bonds. The van der Waals surface area contributed by atoms with Crippen LogP contribution in [0.4, 0.5) is 0 Å². The van der Waals surface area contributed by atoms with Gasteiger partial charge in [0.05, 0.1) is 0 Å². The third-order valence-corrected chi connectivity index (χ3v) is 1.57. The summed E-state index contributed by atoms with van der Waals surface area (Å²) in [5, 5.41) is 16.9. The average Bonchev–Trinajstić information content (AvgIpc) is 1.87. The lowest BCUT2D eigenvalue weighted by Crippen LogP contribution is -2.02. The summed E-state index contributed by atoms with van der Waals surface area (Å²) >= 11 is 0. The first-order valence-electron chi connectivity index (χ1n) is 4.13. The van der Waals surface area contributed by atoms with Crippen LogP contribution >= 0.6 is 24.8 Å². The molecule has 0 aliphatic heterocycles. The first-order chi connectivity index (χ1) is 4.77. The van der Waals surface area contributed by atoms with Gasteiger partial charge in [0, 0.05) is 0 Å². The molecule has 0 saturated heterocycles. The van der Waals surface area contributed by atoms with Gasteiger partial charge in [0.15, 0.2) is 6.29 Å². The summed E-state index contributed by atoms with van der Waals surface area (Å²) in [6.45, 7) is 2.17. The molecule has 0 heterocycles. The Hall–Kier alpha value is 0.500. The maximum atomic E-state index is 8.46. The lowest BCUT2D eigenvalue weighted by molar-refractivity contribution is -0.0465. The number of aliphatic hydroxyl groups is 2. The summed E-state index contributed by atoms with van der Waals surface area (Å²) in [4.78, 5) is 0. The fraction of sp³-hybridized carbons (Fsp3) is 1.00. The third kappa shape index (κ3) is 16.8. The molecule has 0 atom stereocenters. The molecule has 0 bridgehead atoms. The van der Waals surface area contributed by atoms with E-state index in [1.54, 1.807) is 0 Å². The minimum atomic E-state index is -1.10. The Kier molecular flexibility index (Phi) is 21.4. The number of hydrogen-bond donors (Lipinski definition) is 2. The molecular weight excluding hydrogens is 199 g/mol. The van der Waals surface area contributed by atoms with Crippen molar-refractivity contribution in [3.63, 3.8) is 0 Å². The van der Waals surface area contributed by atoms with Crippen molar-refractivity contribution in [2.45, 2.75) is 51.7 Å². The lowest BCUT2D eigenvalue weighted by Gasteiger charge is -2.01. The van der Waals surface area contributed by atoms with Gasteiger partial charge in [-0.25, -0.2) is 0 Å². The highest BCUT2D eigenvalue weighted by Crippen LogP contribution is 2.05. The highest BCUT2D eigenvalue weighted by molar-refractivity contribution is 5.85. The quantitative estimate of drug-likeness (QED) is 0.532. The molecule has 0 saturated carbocycles. The van der Waals surface area contributed by atoms with Gasteiger partial charge in [-0.1, -0.05) is 32.6 Å². The van der Waals surface area contributed by atoms with E-state index in [4.69, 9.17) is 10.2 Å². The molecule has 4 heteroatoms. The van der Waals surface area contributed by atoms with Crippen LogP contribution in [0, 0.1) is 0 Å². The van der Waals surface area contributed by atoms with E-state index in [0.717, 1.165) is 12.8 Å². The number of aliphatic hydroxyl groups excluding tert-OH is 1. The van der Waals surface area contributed by atoms with Gasteiger partial charge in [-0.15, -0.1) is 24.8 Å². The molecule has 0 aliphatic carbocycles. The molecule has 0 rings (SSSR count). The minimum Gasteiger partial charge on any atom is -0.368 e. The van der Waals surface area contributed by atoms with E-state index < -0.39 is 6.29 Å². The van der Waals surface area contributed by atoms with Crippen molar-refractivity contribution in [3.05, 3.63) is 0 Å². The normalized spacial score (nSPS) is 9.00. The molecule has 0 unspecified atom stereocenters. The van der Waals surface area contributed by atoms with Crippen LogP contribution in [0.3, 0.4) is 0 Å². The maximum Gasteiger partial charge on any atom is 0.151 e. The van der Waals surface area contributed by atoms with Crippen LogP contribution in [0.15, 0.2) is 0 Å². The van der Waals surface area contributed by atoms with Crippen molar-refractivity contribution in [1.29, 1.82) is 0 Å². The fourth-order valence-electron chi connectivity index (χ4n) is 0.930. The summed E-state index contributed by atoms with van der Waals surface area (Å²) in [5.41, 5.74) is 0. The van der Waals surface area contributed by atoms with Crippen molar-refractivity contribution in [3.8, 4) is 0 Å². The van der Waals surface area contributed by atoms with Crippen LogP contribution in [-0.2, 0) is 0 Å². The summed E-state index contributed by atoms with van der Waals surface area (Å²) in [5.74, 6) is 0. The topological polar surface area (TPSA) is 40.5 Å². The Morgan fingerprint density at radius 1 is 0.917 bits per heavy atom. The average molecular weight is 219 g/mol. The standard InChI is InChI=1S/C8H18O2.2ClH/c1-2-3-4-5-6-7-8(9)10;;/h8-10H,2-7H2,1H3;2*1H. The van der Waals surface area contributed by atoms with Crippen molar-refractivity contribution in [1.82, 2.24) is 0 Å². The van der Waals surface area contributed by atoms with Crippen LogP contribution < -0.4 is 0 Å². The highest BCUT2D eigenvalue weighted by Gasteiger charge is 1.95. The van der Waals surface area contributed by atoms with Crippen LogP contribution in [-0.4, -0.2) is 16.5 Å². The maximum absolute atomic E-state index is 8.46. The lowest BCUT2D eigenvalue weighted by atomic mass is 10.1. The second-order valence-electron chi connectivity index (χ2n) is 2.68. The SMILES string of the molecule is CCCCCCCC(O)O.Cl.Cl. The molecule has 0 aromatic heterocycles. The Bertz CT molecular complexity index is 70.1. The molecule has 0 aromatic carbocycles. The van der Waals surface area contributed by atoms with Crippen molar-refractivity contribution >= 4 is 24.8 Å². The van der Waals surface area contributed by atoms with E-state index in [-0.39, 0.29) is 24.8 Å². The van der Waals surface area contributed by atoms with Gasteiger partial charge in [0.25, 0.3) is 0 Å². The van der Waals surface area contributed by atoms with E-state index in [0.29, 0.717) is 6.42 Å². The van der Waals surface area contributed by atoms with E-state index in [2.05, 4.69) is 6.92 Å². The summed E-state index contributed by atoms with van der Waals surface area (Å²) in [6.07, 6.45) is 5.24. The second kappa shape index (κ2) is 14.0. The molecule has 0 spiro atoms. The van der Waals surface area contributed by atoms with Gasteiger partial charge < -0.3 is 10.2 Å². The number of hydrogen-bond acceptors (Lipinski definition) is 2. The van der Waals surface area contributed by atoms with E-state index >= 15 is 0 Å². The molecule has 12 heavy (non-hydrogen) atoms. The predicted molar refractivity (Wildman–Crippen MR) is 56.1 cm³/mol. The Morgan fingerprint density at radius 2 is 1.42 bits per heavy atom. The van der Waals surface area contributed by atoms with E-state index in [9.17, 15) is 0 Å². The molecule has 2 N–H and O–H groups in total. The Labute approximate surface area is 87.2 Å². The Balaban J connectivity index is -0.000000405. The third-order valence-electron chi connectivity index (χ3n) is 1.57. The van der Waals surface area contributed by atoms with Gasteiger partial charge >= 0.3 is 0 Å². The highest BCUT2D eigenvalue weighted by atomic mass is 35.5. The van der Waals surface area contributed by atoms with Crippen LogP contribution in [0.5, 0.6) is 0 Å². The summed E-state index contributed by atoms with van der Waals surface area (Å²) in [6, 6.07) is 0. The molecular formula is C8H20Cl2O2. The van der Waals surface area contributed by atoms with Gasteiger partial charge in [-0.05, 0) is 12.8 Å². The number of halogens is 2. The van der Waals surface area contributed by atoms with Gasteiger partial charge in [-0.3, -0.25) is 0 Å². The first kappa shape index (κ1) is 18.3. The smallest absolute Gasteiger partial charge is 0.151 e. The fourth-order valence-corrected chi connectivity index (χ4v) is 0.930. The van der Waals surface area contributed by atoms with E-state index in [1.165, 1.54) is 19.3 Å². The second-order valence-corrected chi connectivity index (χ2v) is 2.68. The zero-order chi connectivity index (χ0) is 7.82. The molecule has 0 aromatic rings. The van der Waals surface area contributed by atoms with Crippen LogP contribution in [0.2, 0.25) is 0 Å². The molecule has 0 fully saturated rings. The minimum absolute atomic E-state index is 0. The van der Waals surface area contributed by atoms with Crippen molar-refractivity contribution in [2.24, 2.45) is 0 Å². The van der Waals surface area contributed by atoms with E-state index in [1.807, 2.05) is 0 Å². The van der Waals surface area contributed by atoms with Crippen molar-refractivity contribution in [2.75, 3.05) is 0 Å². The summed E-state index contributed by atoms with van der Waals surface area (Å²) in [7, 11) is 0. The number of rotatable bonds is 6. The molecule has 2 nitrogen and oxygen atoms in total. The Morgan fingerprint density at radius 3 is 1.83 bits per heavy atom. The van der Waals surface area contributed by atoms with Gasteiger partial charge in [-0.2, -0.15) is 0 Å².